The number of halogens is 1. The van der Waals surface area contributed by atoms with Crippen molar-refractivity contribution in [1.82, 2.24) is 4.90 Å². The van der Waals surface area contributed by atoms with Crippen LogP contribution in [0, 0.1) is 0 Å². The van der Waals surface area contributed by atoms with Gasteiger partial charge in [-0.1, -0.05) is 49.2 Å². The summed E-state index contributed by atoms with van der Waals surface area (Å²) in [6, 6.07) is 8.88. The number of aliphatic hydroxyl groups excluding tert-OH is 1. The highest BCUT2D eigenvalue weighted by Crippen LogP contribution is 2.33. The number of benzene rings is 1. The molecule has 1 aromatic carbocycles. The number of allylic oxidation sites excluding steroid dienone is 1. The molecule has 1 heterocycles. The van der Waals surface area contributed by atoms with Crippen molar-refractivity contribution >= 4 is 11.6 Å². The molecule has 2 atom stereocenters. The third-order valence-electron chi connectivity index (χ3n) is 4.93. The summed E-state index contributed by atoms with van der Waals surface area (Å²) in [5, 5.41) is 10.5. The van der Waals surface area contributed by atoms with Gasteiger partial charge in [0.05, 0.1) is 6.61 Å². The van der Waals surface area contributed by atoms with E-state index in [1.165, 1.54) is 17.6 Å². The predicted octanol–water partition coefficient (Wildman–Crippen LogP) is 4.80. The fourth-order valence-electron chi connectivity index (χ4n) is 3.69. The summed E-state index contributed by atoms with van der Waals surface area (Å²) in [4.78, 5) is 2.49. The standard InChI is InChI=1S/C20H30ClNO/c1-15(2)12-19(22-11-5-6-18(22)14-23)13-20(3,4)16-7-9-17(21)10-8-16/h7-10,12,18-19,23H,5-6,11,13-14H2,1-4H3/t18-,19?/m0/s1. The molecule has 0 saturated carbocycles. The SMILES string of the molecule is CC(C)=CC(CC(C)(C)c1ccc(Cl)cc1)N1CCC[C@H]1CO. The van der Waals surface area contributed by atoms with Crippen LogP contribution in [0.3, 0.4) is 0 Å². The quantitative estimate of drug-likeness (QED) is 0.755. The minimum Gasteiger partial charge on any atom is -0.395 e. The highest BCUT2D eigenvalue weighted by Gasteiger charge is 2.33. The van der Waals surface area contributed by atoms with E-state index in [9.17, 15) is 5.11 Å². The molecule has 0 bridgehead atoms. The van der Waals surface area contributed by atoms with Crippen molar-refractivity contribution in [2.45, 2.75) is 64.5 Å². The van der Waals surface area contributed by atoms with Gasteiger partial charge in [-0.15, -0.1) is 0 Å². The molecule has 0 aliphatic carbocycles. The Balaban J connectivity index is 2.22. The van der Waals surface area contributed by atoms with Crippen LogP contribution in [0.4, 0.5) is 0 Å². The van der Waals surface area contributed by atoms with Crippen molar-refractivity contribution in [3.63, 3.8) is 0 Å². The zero-order valence-corrected chi connectivity index (χ0v) is 15.6. The summed E-state index contributed by atoms with van der Waals surface area (Å²) in [7, 11) is 0. The lowest BCUT2D eigenvalue weighted by molar-refractivity contribution is 0.123. The topological polar surface area (TPSA) is 23.5 Å². The van der Waals surface area contributed by atoms with Crippen LogP contribution < -0.4 is 0 Å². The van der Waals surface area contributed by atoms with Crippen LogP contribution in [0.15, 0.2) is 35.9 Å². The number of aliphatic hydroxyl groups is 1. The Hall–Kier alpha value is -0.830. The molecule has 0 aromatic heterocycles. The molecule has 1 unspecified atom stereocenters. The van der Waals surface area contributed by atoms with Crippen LogP contribution >= 0.6 is 11.6 Å². The summed E-state index contributed by atoms with van der Waals surface area (Å²) in [5.74, 6) is 0. The summed E-state index contributed by atoms with van der Waals surface area (Å²) >= 11 is 6.03. The second-order valence-corrected chi connectivity index (χ2v) is 8.06. The van der Waals surface area contributed by atoms with Gasteiger partial charge in [0.25, 0.3) is 0 Å². The van der Waals surface area contributed by atoms with Crippen LogP contribution in [-0.4, -0.2) is 35.2 Å². The summed E-state index contributed by atoms with van der Waals surface area (Å²) in [6.45, 7) is 10.3. The Morgan fingerprint density at radius 2 is 2.00 bits per heavy atom. The van der Waals surface area contributed by atoms with Gasteiger partial charge in [0.2, 0.25) is 0 Å². The fourth-order valence-corrected chi connectivity index (χ4v) is 3.82. The summed E-state index contributed by atoms with van der Waals surface area (Å²) in [5.41, 5.74) is 2.71. The molecular formula is C20H30ClNO. The molecule has 1 N–H and O–H groups in total. The van der Waals surface area contributed by atoms with Crippen molar-refractivity contribution in [2.24, 2.45) is 0 Å². The number of nitrogens with zero attached hydrogens (tertiary/aromatic N) is 1. The van der Waals surface area contributed by atoms with E-state index in [0.29, 0.717) is 12.1 Å². The molecule has 1 aliphatic rings. The van der Waals surface area contributed by atoms with Gasteiger partial charge in [0.15, 0.2) is 0 Å². The van der Waals surface area contributed by atoms with Crippen LogP contribution in [0.1, 0.15) is 52.5 Å². The van der Waals surface area contributed by atoms with Crippen LogP contribution in [-0.2, 0) is 5.41 Å². The van der Waals surface area contributed by atoms with Gasteiger partial charge < -0.3 is 5.11 Å². The van der Waals surface area contributed by atoms with E-state index in [1.807, 2.05) is 12.1 Å². The van der Waals surface area contributed by atoms with Gasteiger partial charge in [-0.25, -0.2) is 0 Å². The summed E-state index contributed by atoms with van der Waals surface area (Å²) in [6.07, 6.45) is 5.69. The van der Waals surface area contributed by atoms with Crippen molar-refractivity contribution in [2.75, 3.05) is 13.2 Å². The van der Waals surface area contributed by atoms with E-state index in [2.05, 4.69) is 50.8 Å². The molecule has 0 amide bonds. The first kappa shape index (κ1) is 18.5. The van der Waals surface area contributed by atoms with E-state index in [0.717, 1.165) is 24.4 Å². The highest BCUT2D eigenvalue weighted by molar-refractivity contribution is 6.30. The molecule has 2 nitrogen and oxygen atoms in total. The van der Waals surface area contributed by atoms with Crippen LogP contribution in [0.5, 0.6) is 0 Å². The lowest BCUT2D eigenvalue weighted by Crippen LogP contribution is -2.43. The lowest BCUT2D eigenvalue weighted by atomic mass is 9.78. The Kier molecular flexibility index (Phi) is 6.30. The maximum absolute atomic E-state index is 9.69. The first-order valence-electron chi connectivity index (χ1n) is 8.61. The monoisotopic (exact) mass is 335 g/mol. The molecule has 0 radical (unpaired) electrons. The van der Waals surface area contributed by atoms with Gasteiger partial charge >= 0.3 is 0 Å². The minimum atomic E-state index is 0.0593. The van der Waals surface area contributed by atoms with E-state index >= 15 is 0 Å². The third-order valence-corrected chi connectivity index (χ3v) is 5.18. The highest BCUT2D eigenvalue weighted by atomic mass is 35.5. The average molecular weight is 336 g/mol. The normalized spacial score (nSPS) is 20.5. The smallest absolute Gasteiger partial charge is 0.0587 e. The number of hydrogen-bond acceptors (Lipinski definition) is 2. The molecule has 0 spiro atoms. The van der Waals surface area contributed by atoms with E-state index < -0.39 is 0 Å². The number of hydrogen-bond donors (Lipinski definition) is 1. The molecule has 2 rings (SSSR count). The molecule has 23 heavy (non-hydrogen) atoms. The van der Waals surface area contributed by atoms with Gasteiger partial charge in [-0.2, -0.15) is 0 Å². The fraction of sp³-hybridized carbons (Fsp3) is 0.600. The average Bonchev–Trinajstić information content (AvgIpc) is 2.94. The predicted molar refractivity (Wildman–Crippen MR) is 99.1 cm³/mol. The molecular weight excluding hydrogens is 306 g/mol. The van der Waals surface area contributed by atoms with E-state index in [4.69, 9.17) is 11.6 Å². The Morgan fingerprint density at radius 1 is 1.35 bits per heavy atom. The third kappa shape index (κ3) is 4.82. The van der Waals surface area contributed by atoms with E-state index in [1.54, 1.807) is 0 Å². The first-order valence-corrected chi connectivity index (χ1v) is 8.99. The Labute approximate surface area is 146 Å². The van der Waals surface area contributed by atoms with Gasteiger partial charge in [-0.3, -0.25) is 4.90 Å². The zero-order chi connectivity index (χ0) is 17.0. The number of likely N-dealkylation sites (tertiary alicyclic amines) is 1. The second-order valence-electron chi connectivity index (χ2n) is 7.62. The molecule has 1 aromatic rings. The zero-order valence-electron chi connectivity index (χ0n) is 14.8. The van der Waals surface area contributed by atoms with Crippen LogP contribution in [0.25, 0.3) is 0 Å². The number of rotatable bonds is 6. The van der Waals surface area contributed by atoms with Gasteiger partial charge in [-0.05, 0) is 62.8 Å². The molecule has 1 aliphatic heterocycles. The first-order chi connectivity index (χ1) is 10.8. The summed E-state index contributed by atoms with van der Waals surface area (Å²) < 4.78 is 0. The van der Waals surface area contributed by atoms with Crippen molar-refractivity contribution < 1.29 is 5.11 Å². The lowest BCUT2D eigenvalue weighted by Gasteiger charge is -2.37. The Bertz CT molecular complexity index is 531. The molecule has 128 valence electrons. The molecule has 3 heteroatoms. The van der Waals surface area contributed by atoms with Gasteiger partial charge in [0.1, 0.15) is 0 Å². The van der Waals surface area contributed by atoms with Crippen molar-refractivity contribution in [1.29, 1.82) is 0 Å². The van der Waals surface area contributed by atoms with Crippen LogP contribution in [0.2, 0.25) is 5.02 Å². The largest absolute Gasteiger partial charge is 0.395 e. The van der Waals surface area contributed by atoms with Crippen molar-refractivity contribution in [3.8, 4) is 0 Å². The van der Waals surface area contributed by atoms with Gasteiger partial charge in [0, 0.05) is 17.1 Å². The molecule has 1 saturated heterocycles. The van der Waals surface area contributed by atoms with Crippen molar-refractivity contribution in [3.05, 3.63) is 46.5 Å². The maximum Gasteiger partial charge on any atom is 0.0587 e. The Morgan fingerprint density at radius 3 is 2.57 bits per heavy atom. The second kappa shape index (κ2) is 7.83. The van der Waals surface area contributed by atoms with E-state index in [-0.39, 0.29) is 12.0 Å². The molecule has 1 fully saturated rings. The minimum absolute atomic E-state index is 0.0593. The maximum atomic E-state index is 9.69.